The third-order valence-electron chi connectivity index (χ3n) is 4.52. The third-order valence-corrected chi connectivity index (χ3v) is 4.52. The minimum Gasteiger partial charge on any atom is -0.480 e. The summed E-state index contributed by atoms with van der Waals surface area (Å²) in [5, 5.41) is 12.5. The molecule has 0 radical (unpaired) electrons. The van der Waals surface area contributed by atoms with E-state index in [-0.39, 0.29) is 6.04 Å². The SMILES string of the molecule is CCNC(C)(CC(C)N(C)CC1CCCC1)C(=O)O. The van der Waals surface area contributed by atoms with Gasteiger partial charge in [0.15, 0.2) is 0 Å². The van der Waals surface area contributed by atoms with Crippen LogP contribution in [0.1, 0.15) is 52.9 Å². The zero-order valence-electron chi connectivity index (χ0n) is 12.9. The molecule has 4 nitrogen and oxygen atoms in total. The molecule has 0 bridgehead atoms. The molecule has 0 saturated heterocycles. The normalized spacial score (nSPS) is 21.5. The van der Waals surface area contributed by atoms with Crippen LogP contribution < -0.4 is 5.32 Å². The Balaban J connectivity index is 2.50. The lowest BCUT2D eigenvalue weighted by Gasteiger charge is -2.34. The Morgan fingerprint density at radius 3 is 2.53 bits per heavy atom. The summed E-state index contributed by atoms with van der Waals surface area (Å²) in [7, 11) is 2.12. The van der Waals surface area contributed by atoms with E-state index < -0.39 is 11.5 Å². The van der Waals surface area contributed by atoms with E-state index in [4.69, 9.17) is 0 Å². The summed E-state index contributed by atoms with van der Waals surface area (Å²) >= 11 is 0. The van der Waals surface area contributed by atoms with Gasteiger partial charge in [-0.25, -0.2) is 0 Å². The largest absolute Gasteiger partial charge is 0.480 e. The summed E-state index contributed by atoms with van der Waals surface area (Å²) in [4.78, 5) is 13.8. The molecule has 0 spiro atoms. The second-order valence-corrected chi connectivity index (χ2v) is 6.31. The predicted molar refractivity (Wildman–Crippen MR) is 78.4 cm³/mol. The summed E-state index contributed by atoms with van der Waals surface area (Å²) in [5.74, 6) is 0.0538. The first-order valence-electron chi connectivity index (χ1n) is 7.57. The van der Waals surface area contributed by atoms with Crippen molar-refractivity contribution in [3.8, 4) is 0 Å². The molecular weight excluding hydrogens is 240 g/mol. The van der Waals surface area contributed by atoms with Gasteiger partial charge in [0.1, 0.15) is 5.54 Å². The van der Waals surface area contributed by atoms with Crippen LogP contribution in [0.4, 0.5) is 0 Å². The maximum atomic E-state index is 11.4. The number of carboxylic acids is 1. The lowest BCUT2D eigenvalue weighted by atomic mass is 9.92. The molecular formula is C15H30N2O2. The highest BCUT2D eigenvalue weighted by atomic mass is 16.4. The molecule has 1 saturated carbocycles. The van der Waals surface area contributed by atoms with Crippen molar-refractivity contribution in [1.29, 1.82) is 0 Å². The average molecular weight is 270 g/mol. The van der Waals surface area contributed by atoms with E-state index in [9.17, 15) is 9.90 Å². The average Bonchev–Trinajstić information content (AvgIpc) is 2.81. The van der Waals surface area contributed by atoms with E-state index in [0.29, 0.717) is 13.0 Å². The molecule has 0 aromatic heterocycles. The standard InChI is InChI=1S/C15H30N2O2/c1-5-16-15(3,14(18)19)10-12(2)17(4)11-13-8-6-7-9-13/h12-13,16H,5-11H2,1-4H3,(H,18,19). The molecule has 4 heteroatoms. The fourth-order valence-corrected chi connectivity index (χ4v) is 3.15. The number of nitrogens with zero attached hydrogens (tertiary/aromatic N) is 1. The number of hydrogen-bond donors (Lipinski definition) is 2. The second-order valence-electron chi connectivity index (χ2n) is 6.31. The summed E-state index contributed by atoms with van der Waals surface area (Å²) in [6.07, 6.45) is 6.02. The Bertz CT molecular complexity index is 290. The minimum absolute atomic E-state index is 0.278. The molecule has 1 fully saturated rings. The van der Waals surface area contributed by atoms with Gasteiger partial charge in [-0.05, 0) is 52.6 Å². The topological polar surface area (TPSA) is 52.6 Å². The maximum absolute atomic E-state index is 11.4. The molecule has 19 heavy (non-hydrogen) atoms. The van der Waals surface area contributed by atoms with E-state index in [1.807, 2.05) is 6.92 Å². The van der Waals surface area contributed by atoms with Crippen molar-refractivity contribution in [2.75, 3.05) is 20.1 Å². The first-order valence-corrected chi connectivity index (χ1v) is 7.57. The van der Waals surface area contributed by atoms with Crippen LogP contribution in [0.3, 0.4) is 0 Å². The number of hydrogen-bond acceptors (Lipinski definition) is 3. The summed E-state index contributed by atoms with van der Waals surface area (Å²) < 4.78 is 0. The van der Waals surface area contributed by atoms with Crippen LogP contribution in [0.15, 0.2) is 0 Å². The highest BCUT2D eigenvalue weighted by Gasteiger charge is 2.35. The number of carbonyl (C=O) groups is 1. The Morgan fingerprint density at radius 2 is 2.05 bits per heavy atom. The number of aliphatic carboxylic acids is 1. The van der Waals surface area contributed by atoms with Crippen LogP contribution in [0.2, 0.25) is 0 Å². The lowest BCUT2D eigenvalue weighted by molar-refractivity contribution is -0.145. The van der Waals surface area contributed by atoms with Gasteiger partial charge < -0.3 is 15.3 Å². The molecule has 2 N–H and O–H groups in total. The van der Waals surface area contributed by atoms with Gasteiger partial charge in [0.25, 0.3) is 0 Å². The molecule has 2 unspecified atom stereocenters. The highest BCUT2D eigenvalue weighted by Crippen LogP contribution is 2.26. The first-order chi connectivity index (χ1) is 8.89. The number of carboxylic acid groups (broad SMARTS) is 1. The van der Waals surface area contributed by atoms with Crippen molar-refractivity contribution in [3.63, 3.8) is 0 Å². The fourth-order valence-electron chi connectivity index (χ4n) is 3.15. The van der Waals surface area contributed by atoms with Crippen LogP contribution in [-0.4, -0.2) is 47.7 Å². The zero-order valence-corrected chi connectivity index (χ0v) is 12.9. The first kappa shape index (κ1) is 16.4. The summed E-state index contributed by atoms with van der Waals surface area (Å²) in [6, 6.07) is 0.278. The highest BCUT2D eigenvalue weighted by molar-refractivity contribution is 5.78. The van der Waals surface area contributed by atoms with E-state index in [1.54, 1.807) is 6.92 Å². The molecule has 1 aliphatic rings. The molecule has 0 amide bonds. The van der Waals surface area contributed by atoms with Gasteiger partial charge in [-0.3, -0.25) is 4.79 Å². The van der Waals surface area contributed by atoms with Crippen LogP contribution in [-0.2, 0) is 4.79 Å². The van der Waals surface area contributed by atoms with Crippen LogP contribution in [0, 0.1) is 5.92 Å². The fraction of sp³-hybridized carbons (Fsp3) is 0.933. The van der Waals surface area contributed by atoms with E-state index in [0.717, 1.165) is 12.5 Å². The van der Waals surface area contributed by atoms with Crippen LogP contribution in [0.25, 0.3) is 0 Å². The van der Waals surface area contributed by atoms with Crippen molar-refractivity contribution in [3.05, 3.63) is 0 Å². The smallest absolute Gasteiger partial charge is 0.323 e. The predicted octanol–water partition coefficient (Wildman–Crippen LogP) is 2.34. The Morgan fingerprint density at radius 1 is 1.47 bits per heavy atom. The van der Waals surface area contributed by atoms with Gasteiger partial charge in [-0.15, -0.1) is 0 Å². The molecule has 1 aliphatic carbocycles. The number of rotatable bonds is 8. The zero-order chi connectivity index (χ0) is 14.5. The second kappa shape index (κ2) is 7.25. The van der Waals surface area contributed by atoms with Gasteiger partial charge in [0, 0.05) is 12.6 Å². The Labute approximate surface area is 117 Å². The van der Waals surface area contributed by atoms with E-state index in [2.05, 4.69) is 24.2 Å². The van der Waals surface area contributed by atoms with Gasteiger partial charge >= 0.3 is 5.97 Å². The van der Waals surface area contributed by atoms with E-state index >= 15 is 0 Å². The van der Waals surface area contributed by atoms with Crippen molar-refractivity contribution in [2.45, 2.75) is 64.5 Å². The molecule has 0 aromatic rings. The summed E-state index contributed by atoms with van der Waals surface area (Å²) in [6.45, 7) is 7.66. The third kappa shape index (κ3) is 4.77. The van der Waals surface area contributed by atoms with Gasteiger partial charge in [0.05, 0.1) is 0 Å². The number of nitrogens with one attached hydrogen (secondary N) is 1. The summed E-state index contributed by atoms with van der Waals surface area (Å²) in [5.41, 5.74) is -0.821. The van der Waals surface area contributed by atoms with Crippen molar-refractivity contribution < 1.29 is 9.90 Å². The molecule has 2 atom stereocenters. The van der Waals surface area contributed by atoms with Crippen molar-refractivity contribution in [1.82, 2.24) is 10.2 Å². The monoisotopic (exact) mass is 270 g/mol. The molecule has 0 aliphatic heterocycles. The Hall–Kier alpha value is -0.610. The number of likely N-dealkylation sites (N-methyl/N-ethyl adjacent to an activating group) is 1. The maximum Gasteiger partial charge on any atom is 0.323 e. The molecule has 0 heterocycles. The molecule has 1 rings (SSSR count). The van der Waals surface area contributed by atoms with E-state index in [1.165, 1.54) is 25.7 Å². The lowest BCUT2D eigenvalue weighted by Crippen LogP contribution is -2.53. The van der Waals surface area contributed by atoms with Gasteiger partial charge in [-0.1, -0.05) is 19.8 Å². The Kier molecular flexibility index (Phi) is 6.27. The minimum atomic E-state index is -0.821. The van der Waals surface area contributed by atoms with Gasteiger partial charge in [-0.2, -0.15) is 0 Å². The van der Waals surface area contributed by atoms with Crippen LogP contribution >= 0.6 is 0 Å². The van der Waals surface area contributed by atoms with Gasteiger partial charge in [0.2, 0.25) is 0 Å². The van der Waals surface area contributed by atoms with Crippen LogP contribution in [0.5, 0.6) is 0 Å². The van der Waals surface area contributed by atoms with Crippen molar-refractivity contribution >= 4 is 5.97 Å². The molecule has 0 aromatic carbocycles. The van der Waals surface area contributed by atoms with Crippen molar-refractivity contribution in [2.24, 2.45) is 5.92 Å². The quantitative estimate of drug-likeness (QED) is 0.711. The molecule has 112 valence electrons.